The van der Waals surface area contributed by atoms with Crippen LogP contribution in [-0.4, -0.2) is 9.97 Å². The standard InChI is InChI=1S/C16H15FN2/c1-3-11-5-7-14-15(8-11)19-16(18-14)12-6-4-10(2)13(17)9-12/h4-9H,3H2,1-2H3,(H,18,19). The molecule has 19 heavy (non-hydrogen) atoms. The Morgan fingerprint density at radius 2 is 2.00 bits per heavy atom. The Labute approximate surface area is 111 Å². The monoisotopic (exact) mass is 254 g/mol. The lowest BCUT2D eigenvalue weighted by Crippen LogP contribution is -1.85. The Morgan fingerprint density at radius 3 is 2.74 bits per heavy atom. The Morgan fingerprint density at radius 1 is 1.16 bits per heavy atom. The van der Waals surface area contributed by atoms with Gasteiger partial charge in [-0.1, -0.05) is 25.1 Å². The molecule has 2 nitrogen and oxygen atoms in total. The van der Waals surface area contributed by atoms with E-state index >= 15 is 0 Å². The first kappa shape index (κ1) is 11.9. The van der Waals surface area contributed by atoms with Gasteiger partial charge in [-0.15, -0.1) is 0 Å². The molecule has 1 N–H and O–H groups in total. The summed E-state index contributed by atoms with van der Waals surface area (Å²) in [6, 6.07) is 11.3. The van der Waals surface area contributed by atoms with Crippen molar-refractivity contribution in [3.05, 3.63) is 53.3 Å². The summed E-state index contributed by atoms with van der Waals surface area (Å²) in [6.45, 7) is 3.87. The predicted octanol–water partition coefficient (Wildman–Crippen LogP) is 4.24. The first-order chi connectivity index (χ1) is 9.17. The number of nitrogens with zero attached hydrogens (tertiary/aromatic N) is 1. The van der Waals surface area contributed by atoms with Crippen LogP contribution in [0, 0.1) is 12.7 Å². The lowest BCUT2D eigenvalue weighted by atomic mass is 10.1. The highest BCUT2D eigenvalue weighted by Crippen LogP contribution is 2.23. The number of H-pyrrole nitrogens is 1. The minimum absolute atomic E-state index is 0.202. The molecule has 0 aliphatic rings. The Balaban J connectivity index is 2.11. The summed E-state index contributed by atoms with van der Waals surface area (Å²) in [5, 5.41) is 0. The molecule has 96 valence electrons. The zero-order chi connectivity index (χ0) is 13.4. The number of halogens is 1. The quantitative estimate of drug-likeness (QED) is 0.728. The molecule has 0 aliphatic heterocycles. The second-order valence-electron chi connectivity index (χ2n) is 4.75. The van der Waals surface area contributed by atoms with Crippen molar-refractivity contribution >= 4 is 11.0 Å². The zero-order valence-corrected chi connectivity index (χ0v) is 11.0. The number of fused-ring (bicyclic) bond motifs is 1. The number of aryl methyl sites for hydroxylation is 2. The molecule has 0 unspecified atom stereocenters. The number of aromatic amines is 1. The summed E-state index contributed by atoms with van der Waals surface area (Å²) in [7, 11) is 0. The Kier molecular flexibility index (Phi) is 2.82. The third-order valence-electron chi connectivity index (χ3n) is 3.40. The molecule has 2 aromatic carbocycles. The number of aromatic nitrogens is 2. The molecule has 3 heteroatoms. The first-order valence-corrected chi connectivity index (χ1v) is 6.42. The van der Waals surface area contributed by atoms with Crippen molar-refractivity contribution in [1.82, 2.24) is 9.97 Å². The fraction of sp³-hybridized carbons (Fsp3) is 0.188. The summed E-state index contributed by atoms with van der Waals surface area (Å²) in [6.07, 6.45) is 0.990. The van der Waals surface area contributed by atoms with Crippen LogP contribution in [0.1, 0.15) is 18.1 Å². The molecule has 3 rings (SSSR count). The van der Waals surface area contributed by atoms with Crippen molar-refractivity contribution in [2.24, 2.45) is 0 Å². The molecule has 1 heterocycles. The van der Waals surface area contributed by atoms with E-state index in [9.17, 15) is 4.39 Å². The van der Waals surface area contributed by atoms with Crippen molar-refractivity contribution in [3.8, 4) is 11.4 Å². The van der Waals surface area contributed by atoms with Crippen molar-refractivity contribution < 1.29 is 4.39 Å². The molecule has 0 fully saturated rings. The summed E-state index contributed by atoms with van der Waals surface area (Å²) >= 11 is 0. The molecule has 0 saturated carbocycles. The SMILES string of the molecule is CCc1ccc2nc(-c3ccc(C)c(F)c3)[nH]c2c1. The van der Waals surface area contributed by atoms with Gasteiger partial charge in [-0.05, 0) is 42.7 Å². The van der Waals surface area contributed by atoms with E-state index in [1.807, 2.05) is 12.1 Å². The summed E-state index contributed by atoms with van der Waals surface area (Å²) in [4.78, 5) is 7.76. The van der Waals surface area contributed by atoms with Crippen LogP contribution >= 0.6 is 0 Å². The van der Waals surface area contributed by atoms with Crippen molar-refractivity contribution in [2.75, 3.05) is 0 Å². The van der Waals surface area contributed by atoms with Gasteiger partial charge < -0.3 is 4.98 Å². The molecule has 0 saturated heterocycles. The van der Waals surface area contributed by atoms with Gasteiger partial charge in [0.1, 0.15) is 11.6 Å². The van der Waals surface area contributed by atoms with Crippen LogP contribution in [0.4, 0.5) is 4.39 Å². The maximum absolute atomic E-state index is 13.6. The predicted molar refractivity (Wildman–Crippen MR) is 75.6 cm³/mol. The normalized spacial score (nSPS) is 11.1. The van der Waals surface area contributed by atoms with Crippen LogP contribution in [0.25, 0.3) is 22.4 Å². The summed E-state index contributed by atoms with van der Waals surface area (Å²) in [5.74, 6) is 0.509. The van der Waals surface area contributed by atoms with E-state index in [1.54, 1.807) is 13.0 Å². The molecule has 3 aromatic rings. The van der Waals surface area contributed by atoms with E-state index in [0.717, 1.165) is 23.0 Å². The second kappa shape index (κ2) is 4.50. The number of nitrogens with one attached hydrogen (secondary N) is 1. The molecule has 0 amide bonds. The van der Waals surface area contributed by atoms with Gasteiger partial charge in [0.15, 0.2) is 0 Å². The van der Waals surface area contributed by atoms with Gasteiger partial charge in [0.05, 0.1) is 11.0 Å². The van der Waals surface area contributed by atoms with Gasteiger partial charge >= 0.3 is 0 Å². The first-order valence-electron chi connectivity index (χ1n) is 6.42. The van der Waals surface area contributed by atoms with Gasteiger partial charge in [-0.25, -0.2) is 9.37 Å². The lowest BCUT2D eigenvalue weighted by Gasteiger charge is -1.99. The zero-order valence-electron chi connectivity index (χ0n) is 11.0. The van der Waals surface area contributed by atoms with Crippen molar-refractivity contribution in [2.45, 2.75) is 20.3 Å². The molecule has 0 aliphatic carbocycles. The molecular formula is C16H15FN2. The van der Waals surface area contributed by atoms with E-state index < -0.39 is 0 Å². The summed E-state index contributed by atoms with van der Waals surface area (Å²) in [5.41, 5.74) is 4.59. The molecule has 0 bridgehead atoms. The van der Waals surface area contributed by atoms with Gasteiger partial charge in [0.25, 0.3) is 0 Å². The number of rotatable bonds is 2. The van der Waals surface area contributed by atoms with Crippen LogP contribution < -0.4 is 0 Å². The third-order valence-corrected chi connectivity index (χ3v) is 3.40. The Bertz CT molecular complexity index is 744. The number of benzene rings is 2. The molecule has 0 radical (unpaired) electrons. The van der Waals surface area contributed by atoms with E-state index in [4.69, 9.17) is 0 Å². The van der Waals surface area contributed by atoms with Gasteiger partial charge in [-0.2, -0.15) is 0 Å². The molecule has 0 spiro atoms. The topological polar surface area (TPSA) is 28.7 Å². The maximum Gasteiger partial charge on any atom is 0.138 e. The number of hydrogen-bond acceptors (Lipinski definition) is 1. The van der Waals surface area contributed by atoms with Gasteiger partial charge in [-0.3, -0.25) is 0 Å². The largest absolute Gasteiger partial charge is 0.338 e. The van der Waals surface area contributed by atoms with Gasteiger partial charge in [0, 0.05) is 5.56 Å². The second-order valence-corrected chi connectivity index (χ2v) is 4.75. The third kappa shape index (κ3) is 2.12. The molecular weight excluding hydrogens is 239 g/mol. The average molecular weight is 254 g/mol. The van der Waals surface area contributed by atoms with E-state index in [0.29, 0.717) is 11.4 Å². The lowest BCUT2D eigenvalue weighted by molar-refractivity contribution is 0.619. The minimum atomic E-state index is -0.202. The van der Waals surface area contributed by atoms with Crippen LogP contribution in [0.3, 0.4) is 0 Å². The van der Waals surface area contributed by atoms with Gasteiger partial charge in [0.2, 0.25) is 0 Å². The van der Waals surface area contributed by atoms with E-state index in [2.05, 4.69) is 29.0 Å². The van der Waals surface area contributed by atoms with Crippen LogP contribution in [0.2, 0.25) is 0 Å². The van der Waals surface area contributed by atoms with Crippen molar-refractivity contribution in [3.63, 3.8) is 0 Å². The highest BCUT2D eigenvalue weighted by molar-refractivity contribution is 5.80. The molecule has 0 atom stereocenters. The minimum Gasteiger partial charge on any atom is -0.338 e. The molecule has 1 aromatic heterocycles. The highest BCUT2D eigenvalue weighted by Gasteiger charge is 2.07. The van der Waals surface area contributed by atoms with Crippen LogP contribution in [0.15, 0.2) is 36.4 Å². The Hall–Kier alpha value is -2.16. The van der Waals surface area contributed by atoms with Crippen LogP contribution in [-0.2, 0) is 6.42 Å². The average Bonchev–Trinajstić information content (AvgIpc) is 2.84. The number of hydrogen-bond donors (Lipinski definition) is 1. The number of imidazole rings is 1. The smallest absolute Gasteiger partial charge is 0.138 e. The highest BCUT2D eigenvalue weighted by atomic mass is 19.1. The van der Waals surface area contributed by atoms with Crippen molar-refractivity contribution in [1.29, 1.82) is 0 Å². The summed E-state index contributed by atoms with van der Waals surface area (Å²) < 4.78 is 13.6. The maximum atomic E-state index is 13.6. The van der Waals surface area contributed by atoms with Crippen LogP contribution in [0.5, 0.6) is 0 Å². The van der Waals surface area contributed by atoms with E-state index in [1.165, 1.54) is 11.6 Å². The fourth-order valence-corrected chi connectivity index (χ4v) is 2.15. The van der Waals surface area contributed by atoms with E-state index in [-0.39, 0.29) is 5.82 Å². The fourth-order valence-electron chi connectivity index (χ4n) is 2.15.